The normalized spacial score (nSPS) is 32.6. The maximum absolute atomic E-state index is 6.14. The van der Waals surface area contributed by atoms with Gasteiger partial charge in [-0.2, -0.15) is 0 Å². The SMILES string of the molecule is CCCCC/C=C/COC1CCC(c2ccc(C34CCC(CCC)(CC3)CC4)cc2)CC1. The summed E-state index contributed by atoms with van der Waals surface area (Å²) in [6, 6.07) is 9.99. The fourth-order valence-corrected chi connectivity index (χ4v) is 7.16. The Labute approximate surface area is 198 Å². The van der Waals surface area contributed by atoms with Gasteiger partial charge in [-0.1, -0.05) is 69.5 Å². The number of fused-ring (bicyclic) bond motifs is 3. The van der Waals surface area contributed by atoms with E-state index in [1.807, 2.05) is 0 Å². The van der Waals surface area contributed by atoms with Gasteiger partial charge in [0, 0.05) is 0 Å². The molecular formula is C31H48O. The van der Waals surface area contributed by atoms with Crippen molar-refractivity contribution in [1.82, 2.24) is 0 Å². The van der Waals surface area contributed by atoms with Crippen molar-refractivity contribution in [2.24, 2.45) is 5.41 Å². The molecule has 4 saturated carbocycles. The van der Waals surface area contributed by atoms with E-state index in [0.29, 0.717) is 16.9 Å². The van der Waals surface area contributed by atoms with Crippen molar-refractivity contribution in [2.45, 2.75) is 134 Å². The van der Waals surface area contributed by atoms with Gasteiger partial charge in [0.2, 0.25) is 0 Å². The summed E-state index contributed by atoms with van der Waals surface area (Å²) in [6.45, 7) is 5.44. The molecule has 0 aromatic heterocycles. The lowest BCUT2D eigenvalue weighted by molar-refractivity contribution is 0.0320. The van der Waals surface area contributed by atoms with Crippen LogP contribution in [0.5, 0.6) is 0 Å². The largest absolute Gasteiger partial charge is 0.374 e. The smallest absolute Gasteiger partial charge is 0.0651 e. The van der Waals surface area contributed by atoms with Gasteiger partial charge in [-0.15, -0.1) is 0 Å². The fraction of sp³-hybridized carbons (Fsp3) is 0.742. The molecule has 0 aliphatic heterocycles. The molecule has 178 valence electrons. The van der Waals surface area contributed by atoms with Crippen LogP contribution in [-0.4, -0.2) is 12.7 Å². The van der Waals surface area contributed by atoms with Crippen LogP contribution in [0.15, 0.2) is 36.4 Å². The Hall–Kier alpha value is -1.08. The topological polar surface area (TPSA) is 9.23 Å². The summed E-state index contributed by atoms with van der Waals surface area (Å²) in [4.78, 5) is 0. The highest BCUT2D eigenvalue weighted by Crippen LogP contribution is 2.59. The predicted octanol–water partition coefficient (Wildman–Crippen LogP) is 9.26. The predicted molar refractivity (Wildman–Crippen MR) is 137 cm³/mol. The maximum Gasteiger partial charge on any atom is 0.0651 e. The zero-order valence-electron chi connectivity index (χ0n) is 21.0. The minimum atomic E-state index is 0.470. The molecule has 5 rings (SSSR count). The zero-order valence-corrected chi connectivity index (χ0v) is 21.0. The lowest BCUT2D eigenvalue weighted by Crippen LogP contribution is -2.44. The third-order valence-corrected chi connectivity index (χ3v) is 9.42. The molecule has 1 nitrogen and oxygen atoms in total. The third kappa shape index (κ3) is 5.69. The van der Waals surface area contributed by atoms with E-state index in [9.17, 15) is 0 Å². The average molecular weight is 437 g/mol. The van der Waals surface area contributed by atoms with Crippen molar-refractivity contribution >= 4 is 0 Å². The van der Waals surface area contributed by atoms with Gasteiger partial charge >= 0.3 is 0 Å². The number of rotatable bonds is 11. The third-order valence-electron chi connectivity index (χ3n) is 9.42. The quantitative estimate of drug-likeness (QED) is 0.248. The van der Waals surface area contributed by atoms with Crippen LogP contribution in [0.2, 0.25) is 0 Å². The molecule has 4 aliphatic rings. The minimum absolute atomic E-state index is 0.470. The number of allylic oxidation sites excluding steroid dienone is 1. The molecule has 4 fully saturated rings. The Morgan fingerprint density at radius 1 is 0.812 bits per heavy atom. The van der Waals surface area contributed by atoms with Crippen molar-refractivity contribution in [3.8, 4) is 0 Å². The van der Waals surface area contributed by atoms with Crippen molar-refractivity contribution in [1.29, 1.82) is 0 Å². The summed E-state index contributed by atoms with van der Waals surface area (Å²) in [5, 5.41) is 0. The van der Waals surface area contributed by atoms with Crippen LogP contribution in [-0.2, 0) is 10.2 Å². The first-order valence-corrected chi connectivity index (χ1v) is 14.1. The first-order valence-electron chi connectivity index (χ1n) is 14.1. The number of hydrogen-bond acceptors (Lipinski definition) is 1. The van der Waals surface area contributed by atoms with Crippen molar-refractivity contribution < 1.29 is 4.74 Å². The number of benzene rings is 1. The molecule has 2 bridgehead atoms. The van der Waals surface area contributed by atoms with Crippen LogP contribution >= 0.6 is 0 Å². The number of ether oxygens (including phenoxy) is 1. The summed E-state index contributed by atoms with van der Waals surface area (Å²) < 4.78 is 6.14. The van der Waals surface area contributed by atoms with Gasteiger partial charge in [-0.25, -0.2) is 0 Å². The van der Waals surface area contributed by atoms with Crippen molar-refractivity contribution in [3.05, 3.63) is 47.5 Å². The Morgan fingerprint density at radius 2 is 1.50 bits per heavy atom. The molecule has 4 aliphatic carbocycles. The van der Waals surface area contributed by atoms with Gasteiger partial charge < -0.3 is 4.74 Å². The second-order valence-electron chi connectivity index (χ2n) is 11.4. The molecule has 1 heteroatoms. The van der Waals surface area contributed by atoms with Crippen LogP contribution in [0.3, 0.4) is 0 Å². The zero-order chi connectivity index (χ0) is 22.3. The molecule has 0 heterocycles. The Kier molecular flexibility index (Phi) is 8.55. The summed E-state index contributed by atoms with van der Waals surface area (Å²) in [5.41, 5.74) is 4.44. The first kappa shape index (κ1) is 24.1. The fourth-order valence-electron chi connectivity index (χ4n) is 7.16. The second kappa shape index (κ2) is 11.4. The van der Waals surface area contributed by atoms with Crippen LogP contribution in [0.1, 0.15) is 134 Å². The molecule has 0 atom stereocenters. The Morgan fingerprint density at radius 3 is 2.12 bits per heavy atom. The van der Waals surface area contributed by atoms with E-state index in [2.05, 4.69) is 50.3 Å². The summed E-state index contributed by atoms with van der Waals surface area (Å²) >= 11 is 0. The van der Waals surface area contributed by atoms with Crippen LogP contribution in [0.25, 0.3) is 0 Å². The van der Waals surface area contributed by atoms with Crippen molar-refractivity contribution in [3.63, 3.8) is 0 Å². The Bertz CT molecular complexity index is 682. The summed E-state index contributed by atoms with van der Waals surface area (Å²) in [5.74, 6) is 0.737. The number of hydrogen-bond donors (Lipinski definition) is 0. The van der Waals surface area contributed by atoms with Gasteiger partial charge in [-0.3, -0.25) is 0 Å². The van der Waals surface area contributed by atoms with E-state index in [-0.39, 0.29) is 0 Å². The van der Waals surface area contributed by atoms with Crippen LogP contribution < -0.4 is 0 Å². The second-order valence-corrected chi connectivity index (χ2v) is 11.4. The molecular weight excluding hydrogens is 388 g/mol. The van der Waals surface area contributed by atoms with Gasteiger partial charge in [0.05, 0.1) is 12.7 Å². The van der Waals surface area contributed by atoms with E-state index in [0.717, 1.165) is 12.5 Å². The summed E-state index contributed by atoms with van der Waals surface area (Å²) in [6.07, 6.45) is 26.8. The van der Waals surface area contributed by atoms with E-state index in [1.165, 1.54) is 103 Å². The van der Waals surface area contributed by atoms with Gasteiger partial charge in [0.25, 0.3) is 0 Å². The lowest BCUT2D eigenvalue weighted by Gasteiger charge is -2.54. The van der Waals surface area contributed by atoms with E-state index in [1.54, 1.807) is 11.1 Å². The first-order chi connectivity index (χ1) is 15.7. The standard InChI is InChI=1S/C31H48O/c1-3-5-6-7-8-9-25-32-29-16-12-27(13-17-29)26-10-14-28(15-11-26)31-22-19-30(18-4-2,20-23-31)21-24-31/h8-11,14-15,27,29H,3-7,12-13,16-25H2,1-2H3/b9-8+. The van der Waals surface area contributed by atoms with E-state index < -0.39 is 0 Å². The highest BCUT2D eigenvalue weighted by molar-refractivity contribution is 5.33. The minimum Gasteiger partial charge on any atom is -0.374 e. The molecule has 0 saturated heterocycles. The molecule has 1 aromatic carbocycles. The highest BCUT2D eigenvalue weighted by atomic mass is 16.5. The van der Waals surface area contributed by atoms with Gasteiger partial charge in [0.15, 0.2) is 0 Å². The monoisotopic (exact) mass is 436 g/mol. The Balaban J connectivity index is 1.22. The molecule has 0 radical (unpaired) electrons. The van der Waals surface area contributed by atoms with Crippen LogP contribution in [0, 0.1) is 5.41 Å². The van der Waals surface area contributed by atoms with Crippen LogP contribution in [0.4, 0.5) is 0 Å². The summed E-state index contributed by atoms with van der Waals surface area (Å²) in [7, 11) is 0. The van der Waals surface area contributed by atoms with Gasteiger partial charge in [-0.05, 0) is 111 Å². The van der Waals surface area contributed by atoms with E-state index in [4.69, 9.17) is 4.74 Å². The molecule has 0 N–H and O–H groups in total. The lowest BCUT2D eigenvalue weighted by atomic mass is 9.51. The molecule has 1 aromatic rings. The molecule has 32 heavy (non-hydrogen) atoms. The average Bonchev–Trinajstić information content (AvgIpc) is 2.85. The maximum atomic E-state index is 6.14. The molecule has 0 amide bonds. The molecule has 0 unspecified atom stereocenters. The molecule has 0 spiro atoms. The van der Waals surface area contributed by atoms with E-state index >= 15 is 0 Å². The highest BCUT2D eigenvalue weighted by Gasteiger charge is 2.48. The van der Waals surface area contributed by atoms with Gasteiger partial charge in [0.1, 0.15) is 0 Å². The van der Waals surface area contributed by atoms with Crippen molar-refractivity contribution in [2.75, 3.05) is 6.61 Å². The number of unbranched alkanes of at least 4 members (excludes halogenated alkanes) is 3.